The van der Waals surface area contributed by atoms with Gasteiger partial charge in [-0.15, -0.1) is 0 Å². The molecule has 2 unspecified atom stereocenters. The Labute approximate surface area is 529 Å². The molecule has 4 aliphatic carbocycles. The molecule has 31 atom stereocenters. The van der Waals surface area contributed by atoms with Gasteiger partial charge in [0.15, 0.2) is 31.5 Å². The fourth-order valence-electron chi connectivity index (χ4n) is 17.2. The van der Waals surface area contributed by atoms with E-state index in [1.807, 2.05) is 0 Å². The van der Waals surface area contributed by atoms with Crippen LogP contribution >= 0.6 is 0 Å². The third kappa shape index (κ3) is 14.7. The van der Waals surface area contributed by atoms with Crippen LogP contribution in [0.3, 0.4) is 0 Å². The number of carbonyl (C=O) groups excluding carboxylic acids is 3. The number of amides is 2. The van der Waals surface area contributed by atoms with Crippen LogP contribution in [0.15, 0.2) is 11.1 Å². The van der Waals surface area contributed by atoms with Gasteiger partial charge in [-0.3, -0.25) is 14.4 Å². The van der Waals surface area contributed by atoms with E-state index in [1.165, 1.54) is 11.1 Å². The minimum absolute atomic E-state index is 0.0136. The van der Waals surface area contributed by atoms with Gasteiger partial charge in [0, 0.05) is 26.7 Å². The molecule has 0 aromatic rings. The van der Waals surface area contributed by atoms with Gasteiger partial charge in [0.2, 0.25) is 11.8 Å². The summed E-state index contributed by atoms with van der Waals surface area (Å²) in [5.41, 5.74) is 1.18. The van der Waals surface area contributed by atoms with E-state index in [9.17, 15) is 85.9 Å². The summed E-state index contributed by atoms with van der Waals surface area (Å²) >= 11 is 0. The van der Waals surface area contributed by atoms with E-state index in [-0.39, 0.29) is 34.9 Å². The van der Waals surface area contributed by atoms with E-state index in [4.69, 9.17) is 47.4 Å². The maximum atomic E-state index is 13.1. The van der Waals surface area contributed by atoms with Crippen LogP contribution in [0.1, 0.15) is 127 Å². The molecule has 9 rings (SSSR count). The monoisotopic (exact) mass is 1310 g/mol. The predicted octanol–water partition coefficient (Wildman–Crippen LogP) is -3.49. The van der Waals surface area contributed by atoms with Crippen molar-refractivity contribution >= 4 is 17.6 Å². The zero-order valence-electron chi connectivity index (χ0n) is 53.4. The Hall–Kier alpha value is -2.61. The average molecular weight is 1310 g/mol. The van der Waals surface area contributed by atoms with E-state index in [0.717, 1.165) is 58.8 Å². The van der Waals surface area contributed by atoms with Crippen molar-refractivity contribution in [1.82, 2.24) is 10.6 Å². The first-order valence-corrected chi connectivity index (χ1v) is 32.3. The first-order chi connectivity index (χ1) is 42.7. The second-order valence-electron chi connectivity index (χ2n) is 28.9. The number of aliphatic hydroxyl groups excluding tert-OH is 13. The summed E-state index contributed by atoms with van der Waals surface area (Å²) in [5, 5.41) is 158. The molecule has 5 heterocycles. The summed E-state index contributed by atoms with van der Waals surface area (Å²) in [4.78, 5) is 38.6. The van der Waals surface area contributed by atoms with Crippen molar-refractivity contribution in [2.24, 2.45) is 39.9 Å². The van der Waals surface area contributed by atoms with Crippen molar-refractivity contribution < 1.29 is 133 Å². The Morgan fingerprint density at radius 1 is 0.593 bits per heavy atom. The van der Waals surface area contributed by atoms with Crippen molar-refractivity contribution in [2.75, 3.05) is 33.0 Å². The minimum Gasteiger partial charge on any atom is -0.394 e. The molecule has 2 amide bonds. The Kier molecular flexibility index (Phi) is 23.0. The Balaban J connectivity index is 0.980. The number of rotatable bonds is 21. The van der Waals surface area contributed by atoms with Gasteiger partial charge >= 0.3 is 0 Å². The Bertz CT molecular complexity index is 2520. The first kappa shape index (κ1) is 72.7. The lowest BCUT2D eigenvalue weighted by Gasteiger charge is -2.61. The number of ketones is 1. The highest BCUT2D eigenvalue weighted by molar-refractivity contribution is 5.79. The molecule has 0 aromatic heterocycles. The highest BCUT2D eigenvalue weighted by Crippen LogP contribution is 2.68. The van der Waals surface area contributed by atoms with E-state index < -0.39 is 209 Å². The van der Waals surface area contributed by atoms with Crippen molar-refractivity contribution in [3.05, 3.63) is 11.1 Å². The number of aliphatic hydroxyl groups is 14. The van der Waals surface area contributed by atoms with Crippen LogP contribution in [0.25, 0.3) is 0 Å². The lowest BCUT2D eigenvalue weighted by Crippen LogP contribution is -2.68. The first-order valence-electron chi connectivity index (χ1n) is 32.3. The maximum Gasteiger partial charge on any atom is 0.217 e. The van der Waals surface area contributed by atoms with Crippen LogP contribution in [0, 0.1) is 39.9 Å². The normalized spacial score (nSPS) is 47.2. The number of carbonyl (C=O) groups is 3. The molecule has 16 N–H and O–H groups in total. The number of allylic oxidation sites excluding steroid dienone is 2. The molecule has 9 aliphatic rings. The van der Waals surface area contributed by atoms with Gasteiger partial charge in [-0.1, -0.05) is 45.8 Å². The van der Waals surface area contributed by atoms with E-state index >= 15 is 0 Å². The standard InChI is InChI=1S/C62H102N2O27/c1-25(18-28(70)19-59(4,5)81)30-11-12-31-29-10-13-38-60(6,7)39(15-17-62(38,9)32(29)14-16-61(30,31)8)89-58-52(46(75)37(24-83-58)88-54-40(63-26(2)68)47(76)42(71)33(20-65)84-54)90-55-41(64-27(3)69)48(77)45(74)36(87-55)23-82-57-53(50(79)44(73)35(22-67)86-57)91-56-51(80)49(78)43(72)34(21-66)85-56/h25,30-31,33-58,65-67,71-81H,10-24H2,1-9H3,(H,63,68)(H,64,69)/t25-,30-,31+,33-,34-,35-,36-,37-,38+,39+,40-,41-,42+,43-,44-,45?,46+,47-,48?,49+,50+,51-,52-,53-,54+,55+,56+,57-,58+,61-,62-/m1/s1. The Morgan fingerprint density at radius 2 is 1.12 bits per heavy atom. The van der Waals surface area contributed by atoms with Gasteiger partial charge in [-0.05, 0) is 105 Å². The summed E-state index contributed by atoms with van der Waals surface area (Å²) < 4.78 is 61.8. The maximum absolute atomic E-state index is 13.1. The molecule has 5 saturated heterocycles. The van der Waals surface area contributed by atoms with Gasteiger partial charge in [0.25, 0.3) is 0 Å². The third-order valence-corrected chi connectivity index (χ3v) is 21.8. The average Bonchev–Trinajstić information content (AvgIpc) is 1.70. The highest BCUT2D eigenvalue weighted by Gasteiger charge is 2.62. The summed E-state index contributed by atoms with van der Waals surface area (Å²) in [6.07, 6.45) is -31.6. The molecular weight excluding hydrogens is 1200 g/mol. The van der Waals surface area contributed by atoms with Crippen LogP contribution in [0.4, 0.5) is 0 Å². The molecule has 522 valence electrons. The SMILES string of the molecule is CC(=O)N[C@H]1[C@H](O[C@@H]2CO[C@@H](O[C@H]3CC[C@]4(C)C5=C(CC[C@H]4C3(C)C)[C@@H]3CC[C@H]([C@H](C)CC(=O)CC(C)(C)O)[C@@]3(C)CC5)[C@H](O[C@@H]3O[C@H](CO[C@@H]4O[C@H](CO)[C@@H](O)[C@H](O)[C@H]4O[C@@H]4O[C@H](CO)[C@@H](O)[C@H](O)[C@H]4O)C(O)C(O)[C@H]3NC(C)=O)[C@H]2O)O[C@H](CO)[C@H](O)[C@@H]1O. The molecular formula is C62H102N2O27. The van der Waals surface area contributed by atoms with Crippen molar-refractivity contribution in [1.29, 1.82) is 0 Å². The molecule has 29 heteroatoms. The number of Topliss-reactive ketones (excluding diaryl/α,β-unsaturated/α-hetero) is 1. The van der Waals surface area contributed by atoms with Crippen LogP contribution in [-0.2, 0) is 61.8 Å². The quantitative estimate of drug-likeness (QED) is 0.0496. The number of hydrogen-bond donors (Lipinski definition) is 16. The van der Waals surface area contributed by atoms with Crippen molar-refractivity contribution in [2.45, 2.75) is 286 Å². The molecule has 7 fully saturated rings. The largest absolute Gasteiger partial charge is 0.394 e. The minimum atomic E-state index is -1.99. The van der Waals surface area contributed by atoms with Crippen LogP contribution in [0.2, 0.25) is 0 Å². The van der Waals surface area contributed by atoms with Crippen LogP contribution in [-0.4, -0.2) is 281 Å². The summed E-state index contributed by atoms with van der Waals surface area (Å²) in [6.45, 7) is 13.1. The number of ether oxygens (including phenoxy) is 10. The van der Waals surface area contributed by atoms with E-state index in [0.29, 0.717) is 24.7 Å². The van der Waals surface area contributed by atoms with Gasteiger partial charge in [0.05, 0.1) is 44.7 Å². The van der Waals surface area contributed by atoms with Gasteiger partial charge < -0.3 is 129 Å². The van der Waals surface area contributed by atoms with Gasteiger partial charge in [-0.25, -0.2) is 0 Å². The second kappa shape index (κ2) is 28.8. The fourth-order valence-corrected chi connectivity index (χ4v) is 17.2. The molecule has 2 saturated carbocycles. The van der Waals surface area contributed by atoms with Gasteiger partial charge in [0.1, 0.15) is 122 Å². The number of nitrogens with one attached hydrogen (secondary N) is 2. The molecule has 0 aromatic carbocycles. The lowest BCUT2D eigenvalue weighted by atomic mass is 9.45. The summed E-state index contributed by atoms with van der Waals surface area (Å²) in [5.74, 6) is -0.322. The van der Waals surface area contributed by atoms with Crippen LogP contribution in [0.5, 0.6) is 0 Å². The van der Waals surface area contributed by atoms with E-state index in [2.05, 4.69) is 45.3 Å². The van der Waals surface area contributed by atoms with Crippen molar-refractivity contribution in [3.8, 4) is 0 Å². The second-order valence-corrected chi connectivity index (χ2v) is 28.9. The van der Waals surface area contributed by atoms with E-state index in [1.54, 1.807) is 13.8 Å². The van der Waals surface area contributed by atoms with Crippen molar-refractivity contribution in [3.63, 3.8) is 0 Å². The Morgan fingerprint density at radius 3 is 1.71 bits per heavy atom. The molecule has 29 nitrogen and oxygen atoms in total. The fraction of sp³-hybridized carbons (Fsp3) is 0.919. The number of fused-ring (bicyclic) bond motifs is 4. The molecule has 91 heavy (non-hydrogen) atoms. The van der Waals surface area contributed by atoms with Gasteiger partial charge in [-0.2, -0.15) is 0 Å². The topological polar surface area (TPSA) is 451 Å². The summed E-state index contributed by atoms with van der Waals surface area (Å²) in [6, 6.07) is -3.07. The molecule has 0 radical (unpaired) electrons. The molecule has 5 aliphatic heterocycles. The zero-order valence-corrected chi connectivity index (χ0v) is 53.4. The third-order valence-electron chi connectivity index (χ3n) is 21.8. The summed E-state index contributed by atoms with van der Waals surface area (Å²) in [7, 11) is 0. The smallest absolute Gasteiger partial charge is 0.217 e. The predicted molar refractivity (Wildman–Crippen MR) is 310 cm³/mol. The highest BCUT2D eigenvalue weighted by atomic mass is 16.8. The lowest BCUT2D eigenvalue weighted by molar-refractivity contribution is -0.379. The molecule has 0 bridgehead atoms. The number of hydrogen-bond acceptors (Lipinski definition) is 27. The van der Waals surface area contributed by atoms with Crippen LogP contribution < -0.4 is 10.6 Å². The molecule has 0 spiro atoms. The zero-order chi connectivity index (χ0) is 66.7.